The van der Waals surface area contributed by atoms with Gasteiger partial charge in [0, 0.05) is 12.1 Å². The molecule has 22 heavy (non-hydrogen) atoms. The van der Waals surface area contributed by atoms with Crippen LogP contribution in [-0.2, 0) is 16.6 Å². The third-order valence-electron chi connectivity index (χ3n) is 2.94. The normalized spacial score (nSPS) is 11.2. The first kappa shape index (κ1) is 16.2. The SMILES string of the molecule is CCCS(=O)(=O)Nc1ccc(NCc2ccccc2F)cn1. The van der Waals surface area contributed by atoms with E-state index in [2.05, 4.69) is 15.0 Å². The van der Waals surface area contributed by atoms with Crippen molar-refractivity contribution < 1.29 is 12.8 Å². The van der Waals surface area contributed by atoms with Crippen LogP contribution in [0.3, 0.4) is 0 Å². The summed E-state index contributed by atoms with van der Waals surface area (Å²) in [6.45, 7) is 2.12. The van der Waals surface area contributed by atoms with Crippen molar-refractivity contribution in [3.8, 4) is 0 Å². The van der Waals surface area contributed by atoms with Crippen molar-refractivity contribution in [2.24, 2.45) is 0 Å². The number of rotatable bonds is 7. The molecule has 0 spiro atoms. The molecule has 118 valence electrons. The van der Waals surface area contributed by atoms with Crippen molar-refractivity contribution in [1.82, 2.24) is 4.98 Å². The lowest BCUT2D eigenvalue weighted by Gasteiger charge is -2.09. The zero-order valence-corrected chi connectivity index (χ0v) is 13.0. The molecule has 0 unspecified atom stereocenters. The predicted molar refractivity (Wildman–Crippen MR) is 85.7 cm³/mol. The van der Waals surface area contributed by atoms with Gasteiger partial charge < -0.3 is 5.32 Å². The maximum atomic E-state index is 13.5. The first-order valence-electron chi connectivity index (χ1n) is 6.94. The summed E-state index contributed by atoms with van der Waals surface area (Å²) < 4.78 is 39.1. The molecule has 0 saturated carbocycles. The Morgan fingerprint density at radius 3 is 2.59 bits per heavy atom. The van der Waals surface area contributed by atoms with Crippen LogP contribution in [0.25, 0.3) is 0 Å². The standard InChI is InChI=1S/C15H18FN3O2S/c1-2-9-22(20,21)19-15-8-7-13(11-18-15)17-10-12-5-3-4-6-14(12)16/h3-8,11,17H,2,9-10H2,1H3,(H,18,19). The van der Waals surface area contributed by atoms with Crippen molar-refractivity contribution in [3.63, 3.8) is 0 Å². The van der Waals surface area contributed by atoms with Crippen LogP contribution in [0.4, 0.5) is 15.9 Å². The fraction of sp³-hybridized carbons (Fsp3) is 0.267. The highest BCUT2D eigenvalue weighted by atomic mass is 32.2. The first-order chi connectivity index (χ1) is 10.5. The number of sulfonamides is 1. The van der Waals surface area contributed by atoms with Crippen LogP contribution < -0.4 is 10.0 Å². The monoisotopic (exact) mass is 323 g/mol. The van der Waals surface area contributed by atoms with Crippen LogP contribution in [0.5, 0.6) is 0 Å². The molecule has 0 aliphatic rings. The Morgan fingerprint density at radius 2 is 1.95 bits per heavy atom. The van der Waals surface area contributed by atoms with Gasteiger partial charge in [0.05, 0.1) is 17.6 Å². The van der Waals surface area contributed by atoms with Gasteiger partial charge in [0.25, 0.3) is 0 Å². The minimum atomic E-state index is -3.34. The summed E-state index contributed by atoms with van der Waals surface area (Å²) in [6, 6.07) is 9.76. The quantitative estimate of drug-likeness (QED) is 0.822. The molecule has 5 nitrogen and oxygen atoms in total. The van der Waals surface area contributed by atoms with Crippen LogP contribution in [0.2, 0.25) is 0 Å². The average molecular weight is 323 g/mol. The lowest BCUT2D eigenvalue weighted by Crippen LogP contribution is -2.16. The number of pyridine rings is 1. The van der Waals surface area contributed by atoms with Crippen molar-refractivity contribution in [2.45, 2.75) is 19.9 Å². The average Bonchev–Trinajstić information content (AvgIpc) is 2.47. The number of hydrogen-bond donors (Lipinski definition) is 2. The molecule has 0 aliphatic carbocycles. The molecule has 0 amide bonds. The van der Waals surface area contributed by atoms with Gasteiger partial charge in [-0.2, -0.15) is 0 Å². The molecular weight excluding hydrogens is 305 g/mol. The maximum Gasteiger partial charge on any atom is 0.233 e. The number of benzene rings is 1. The lowest BCUT2D eigenvalue weighted by molar-refractivity contribution is 0.599. The second-order valence-electron chi connectivity index (χ2n) is 4.80. The minimum absolute atomic E-state index is 0.0575. The fourth-order valence-electron chi connectivity index (χ4n) is 1.88. The van der Waals surface area contributed by atoms with Gasteiger partial charge in [-0.3, -0.25) is 4.72 Å². The van der Waals surface area contributed by atoms with E-state index in [9.17, 15) is 12.8 Å². The van der Waals surface area contributed by atoms with E-state index in [1.165, 1.54) is 12.3 Å². The molecule has 2 N–H and O–H groups in total. The third-order valence-corrected chi connectivity index (χ3v) is 4.40. The second kappa shape index (κ2) is 7.22. The van der Waals surface area contributed by atoms with Crippen LogP contribution in [0, 0.1) is 5.82 Å². The number of aromatic nitrogens is 1. The van der Waals surface area contributed by atoms with Gasteiger partial charge in [0.2, 0.25) is 10.0 Å². The van der Waals surface area contributed by atoms with E-state index in [-0.39, 0.29) is 17.4 Å². The molecule has 7 heteroatoms. The zero-order valence-electron chi connectivity index (χ0n) is 12.2. The Labute approximate surface area is 129 Å². The number of nitrogens with zero attached hydrogens (tertiary/aromatic N) is 1. The molecule has 0 saturated heterocycles. The zero-order chi connectivity index (χ0) is 16.0. The van der Waals surface area contributed by atoms with Gasteiger partial charge >= 0.3 is 0 Å². The Kier molecular flexibility index (Phi) is 5.32. The smallest absolute Gasteiger partial charge is 0.233 e. The molecule has 2 rings (SSSR count). The molecule has 0 bridgehead atoms. The molecular formula is C15H18FN3O2S. The number of halogens is 1. The topological polar surface area (TPSA) is 71.1 Å². The highest BCUT2D eigenvalue weighted by molar-refractivity contribution is 7.92. The molecule has 1 aromatic carbocycles. The van der Waals surface area contributed by atoms with Crippen LogP contribution in [0.1, 0.15) is 18.9 Å². The van der Waals surface area contributed by atoms with E-state index in [4.69, 9.17) is 0 Å². The number of hydrogen-bond acceptors (Lipinski definition) is 4. The molecule has 0 fully saturated rings. The highest BCUT2D eigenvalue weighted by Crippen LogP contribution is 2.14. The molecule has 0 radical (unpaired) electrons. The largest absolute Gasteiger partial charge is 0.380 e. The summed E-state index contributed by atoms with van der Waals surface area (Å²) in [5, 5.41) is 3.04. The van der Waals surface area contributed by atoms with Gasteiger partial charge in [0.1, 0.15) is 11.6 Å². The van der Waals surface area contributed by atoms with Crippen LogP contribution in [0.15, 0.2) is 42.6 Å². The van der Waals surface area contributed by atoms with E-state index in [1.54, 1.807) is 37.3 Å². The molecule has 0 atom stereocenters. The highest BCUT2D eigenvalue weighted by Gasteiger charge is 2.09. The minimum Gasteiger partial charge on any atom is -0.380 e. The van der Waals surface area contributed by atoms with Crippen molar-refractivity contribution >= 4 is 21.5 Å². The predicted octanol–water partition coefficient (Wildman–Crippen LogP) is 2.98. The van der Waals surface area contributed by atoms with Gasteiger partial charge in [-0.15, -0.1) is 0 Å². The summed E-state index contributed by atoms with van der Waals surface area (Å²) in [7, 11) is -3.34. The van der Waals surface area contributed by atoms with Gasteiger partial charge in [-0.05, 0) is 24.6 Å². The van der Waals surface area contributed by atoms with Gasteiger partial charge in [-0.1, -0.05) is 25.1 Å². The molecule has 1 heterocycles. The Balaban J connectivity index is 1.96. The summed E-state index contributed by atoms with van der Waals surface area (Å²) in [5.74, 6) is 0.0545. The van der Waals surface area contributed by atoms with Crippen molar-refractivity contribution in [1.29, 1.82) is 0 Å². The van der Waals surface area contributed by atoms with E-state index < -0.39 is 10.0 Å². The first-order valence-corrected chi connectivity index (χ1v) is 8.59. The Bertz CT molecular complexity index is 718. The summed E-state index contributed by atoms with van der Waals surface area (Å²) in [6.07, 6.45) is 2.04. The van der Waals surface area contributed by atoms with Crippen LogP contribution >= 0.6 is 0 Å². The van der Waals surface area contributed by atoms with Crippen molar-refractivity contribution in [2.75, 3.05) is 15.8 Å². The molecule has 0 aliphatic heterocycles. The van der Waals surface area contributed by atoms with Crippen molar-refractivity contribution in [3.05, 3.63) is 54.0 Å². The van der Waals surface area contributed by atoms with E-state index in [1.807, 2.05) is 0 Å². The molecule has 1 aromatic heterocycles. The van der Waals surface area contributed by atoms with Gasteiger partial charge in [-0.25, -0.2) is 17.8 Å². The summed E-state index contributed by atoms with van der Waals surface area (Å²) in [5.41, 5.74) is 1.23. The third kappa shape index (κ3) is 4.70. The van der Waals surface area contributed by atoms with E-state index >= 15 is 0 Å². The number of nitrogens with one attached hydrogen (secondary N) is 2. The summed E-state index contributed by atoms with van der Waals surface area (Å²) >= 11 is 0. The van der Waals surface area contributed by atoms with Crippen LogP contribution in [-0.4, -0.2) is 19.2 Å². The summed E-state index contributed by atoms with van der Waals surface area (Å²) in [4.78, 5) is 4.03. The van der Waals surface area contributed by atoms with E-state index in [0.717, 1.165) is 0 Å². The lowest BCUT2D eigenvalue weighted by atomic mass is 10.2. The fourth-order valence-corrected chi connectivity index (χ4v) is 2.96. The maximum absolute atomic E-state index is 13.5. The van der Waals surface area contributed by atoms with Gasteiger partial charge in [0.15, 0.2) is 0 Å². The Morgan fingerprint density at radius 1 is 1.18 bits per heavy atom. The Hall–Kier alpha value is -2.15. The number of anilines is 2. The second-order valence-corrected chi connectivity index (χ2v) is 6.64. The molecule has 2 aromatic rings. The van der Waals surface area contributed by atoms with E-state index in [0.29, 0.717) is 24.2 Å².